The molecule has 4 nitrogen and oxygen atoms in total. The van der Waals surface area contributed by atoms with Crippen LogP contribution in [0.25, 0.3) is 0 Å². The molecule has 0 aromatic heterocycles. The zero-order valence-electron chi connectivity index (χ0n) is 7.29. The molecule has 1 amide bonds. The first-order valence-corrected chi connectivity index (χ1v) is 3.82. The second-order valence-corrected chi connectivity index (χ2v) is 2.77. The van der Waals surface area contributed by atoms with E-state index in [2.05, 4.69) is 18.4 Å². The maximum atomic E-state index is 11.0. The number of carbonyl (C=O) groups is 1. The lowest BCUT2D eigenvalue weighted by Crippen LogP contribution is -2.44. The molecule has 0 aromatic carbocycles. The van der Waals surface area contributed by atoms with Crippen LogP contribution >= 0.6 is 0 Å². The first-order chi connectivity index (χ1) is 5.65. The minimum Gasteiger partial charge on any atom is -0.335 e. The first-order valence-electron chi connectivity index (χ1n) is 3.82. The molecule has 1 aliphatic rings. The lowest BCUT2D eigenvalue weighted by Gasteiger charge is -2.33. The Bertz CT molecular complexity index is 224. The van der Waals surface area contributed by atoms with Crippen molar-refractivity contribution in [2.75, 3.05) is 19.6 Å². The van der Waals surface area contributed by atoms with Crippen molar-refractivity contribution in [3.63, 3.8) is 0 Å². The van der Waals surface area contributed by atoms with Crippen LogP contribution in [-0.4, -0.2) is 42.2 Å². The lowest BCUT2D eigenvalue weighted by atomic mass is 10.3. The van der Waals surface area contributed by atoms with E-state index in [-0.39, 0.29) is 5.91 Å². The Kier molecular flexibility index (Phi) is 2.47. The minimum atomic E-state index is 0.0832. The van der Waals surface area contributed by atoms with Crippen molar-refractivity contribution in [2.24, 2.45) is 5.10 Å². The van der Waals surface area contributed by atoms with Crippen LogP contribution in [0.3, 0.4) is 0 Å². The normalized spacial score (nSPS) is 17.9. The number of rotatable bonds is 1. The molecule has 0 unspecified atom stereocenters. The summed E-state index contributed by atoms with van der Waals surface area (Å²) in [5, 5.41) is 5.49. The fourth-order valence-corrected chi connectivity index (χ4v) is 1.19. The van der Waals surface area contributed by atoms with E-state index in [0.717, 1.165) is 5.70 Å². The highest BCUT2D eigenvalue weighted by Crippen LogP contribution is 2.10. The van der Waals surface area contributed by atoms with Crippen LogP contribution in [0.15, 0.2) is 17.4 Å². The maximum absolute atomic E-state index is 11.0. The van der Waals surface area contributed by atoms with E-state index in [1.165, 1.54) is 0 Å². The largest absolute Gasteiger partial charge is 0.335 e. The Balaban J connectivity index is 2.57. The second kappa shape index (κ2) is 3.38. The molecule has 0 bridgehead atoms. The lowest BCUT2D eigenvalue weighted by molar-refractivity contribution is -0.129. The van der Waals surface area contributed by atoms with Gasteiger partial charge in [-0.2, -0.15) is 5.10 Å². The number of piperazine rings is 1. The van der Waals surface area contributed by atoms with E-state index in [0.29, 0.717) is 19.6 Å². The van der Waals surface area contributed by atoms with Gasteiger partial charge in [0, 0.05) is 25.9 Å². The van der Waals surface area contributed by atoms with Crippen molar-refractivity contribution in [1.82, 2.24) is 9.91 Å². The summed E-state index contributed by atoms with van der Waals surface area (Å²) in [6.07, 6.45) is 0. The monoisotopic (exact) mass is 167 g/mol. The Morgan fingerprint density at radius 2 is 2.25 bits per heavy atom. The number of carbonyl (C=O) groups excluding carboxylic acids is 1. The van der Waals surface area contributed by atoms with Crippen molar-refractivity contribution in [3.05, 3.63) is 12.3 Å². The molecule has 4 heteroatoms. The summed E-state index contributed by atoms with van der Waals surface area (Å²) in [6.45, 7) is 10.7. The van der Waals surface area contributed by atoms with Crippen LogP contribution in [-0.2, 0) is 4.79 Å². The highest BCUT2D eigenvalue weighted by molar-refractivity contribution is 5.73. The predicted octanol–water partition coefficient (Wildman–Crippen LogP) is 0.280. The number of hydrogen-bond donors (Lipinski definition) is 0. The summed E-state index contributed by atoms with van der Waals surface area (Å²) >= 11 is 0. The molecule has 0 spiro atoms. The molecule has 1 rings (SSSR count). The van der Waals surface area contributed by atoms with Gasteiger partial charge in [0.2, 0.25) is 5.91 Å². The number of amides is 1. The third-order valence-electron chi connectivity index (χ3n) is 1.94. The first kappa shape index (κ1) is 8.77. The van der Waals surface area contributed by atoms with Crippen molar-refractivity contribution < 1.29 is 4.79 Å². The molecule has 1 fully saturated rings. The van der Waals surface area contributed by atoms with Gasteiger partial charge >= 0.3 is 0 Å². The molecule has 0 N–H and O–H groups in total. The molecular formula is C8H13N3O. The Morgan fingerprint density at radius 1 is 1.58 bits per heavy atom. The number of hydrogen-bond acceptors (Lipinski definition) is 3. The molecular weight excluding hydrogens is 154 g/mol. The number of nitrogens with zero attached hydrogens (tertiary/aromatic N) is 3. The van der Waals surface area contributed by atoms with Crippen molar-refractivity contribution >= 4 is 12.6 Å². The second-order valence-electron chi connectivity index (χ2n) is 2.77. The van der Waals surface area contributed by atoms with E-state index in [4.69, 9.17) is 0 Å². The molecule has 0 saturated carbocycles. The topological polar surface area (TPSA) is 35.9 Å². The predicted molar refractivity (Wildman–Crippen MR) is 47.6 cm³/mol. The van der Waals surface area contributed by atoms with Crippen LogP contribution in [0, 0.1) is 0 Å². The smallest absolute Gasteiger partial charge is 0.219 e. The molecule has 1 saturated heterocycles. The van der Waals surface area contributed by atoms with Gasteiger partial charge in [0.05, 0.1) is 13.1 Å². The standard InChI is InChI=1S/C8H13N3O/c1-7-6-10(8(2)12)4-5-11(7)9-3/h1,3-6H2,2H3. The average molecular weight is 167 g/mol. The molecule has 12 heavy (non-hydrogen) atoms. The van der Waals surface area contributed by atoms with Crippen molar-refractivity contribution in [2.45, 2.75) is 6.92 Å². The molecule has 0 radical (unpaired) electrons. The fourth-order valence-electron chi connectivity index (χ4n) is 1.19. The van der Waals surface area contributed by atoms with E-state index >= 15 is 0 Å². The van der Waals surface area contributed by atoms with Gasteiger partial charge in [0.25, 0.3) is 0 Å². The van der Waals surface area contributed by atoms with E-state index in [9.17, 15) is 4.79 Å². The van der Waals surface area contributed by atoms with E-state index < -0.39 is 0 Å². The van der Waals surface area contributed by atoms with Gasteiger partial charge in [-0.1, -0.05) is 6.58 Å². The summed E-state index contributed by atoms with van der Waals surface area (Å²) in [6, 6.07) is 0. The molecule has 1 heterocycles. The molecule has 0 aliphatic carbocycles. The maximum Gasteiger partial charge on any atom is 0.219 e. The summed E-state index contributed by atoms with van der Waals surface area (Å²) in [7, 11) is 0. The van der Waals surface area contributed by atoms with Crippen LogP contribution in [0.4, 0.5) is 0 Å². The SMILES string of the molecule is C=NN1CCN(C(C)=O)CC1=C. The quantitative estimate of drug-likeness (QED) is 0.526. The van der Waals surface area contributed by atoms with Gasteiger partial charge in [-0.25, -0.2) is 0 Å². The Labute approximate surface area is 72.1 Å². The fraction of sp³-hybridized carbons (Fsp3) is 0.500. The van der Waals surface area contributed by atoms with Gasteiger partial charge in [0.15, 0.2) is 0 Å². The Hall–Kier alpha value is -1.32. The molecule has 1 aliphatic heterocycles. The Morgan fingerprint density at radius 3 is 2.67 bits per heavy atom. The highest BCUT2D eigenvalue weighted by atomic mass is 16.2. The van der Waals surface area contributed by atoms with Gasteiger partial charge in [-0.3, -0.25) is 9.80 Å². The minimum absolute atomic E-state index is 0.0832. The average Bonchev–Trinajstić information content (AvgIpc) is 2.04. The highest BCUT2D eigenvalue weighted by Gasteiger charge is 2.19. The van der Waals surface area contributed by atoms with Crippen LogP contribution in [0.1, 0.15) is 6.92 Å². The van der Waals surface area contributed by atoms with Crippen LogP contribution in [0.2, 0.25) is 0 Å². The van der Waals surface area contributed by atoms with Gasteiger partial charge in [-0.05, 0) is 0 Å². The van der Waals surface area contributed by atoms with Crippen molar-refractivity contribution in [3.8, 4) is 0 Å². The molecule has 0 aromatic rings. The van der Waals surface area contributed by atoms with E-state index in [1.807, 2.05) is 0 Å². The van der Waals surface area contributed by atoms with Gasteiger partial charge < -0.3 is 4.90 Å². The van der Waals surface area contributed by atoms with Crippen LogP contribution in [0.5, 0.6) is 0 Å². The van der Waals surface area contributed by atoms with Crippen molar-refractivity contribution in [1.29, 1.82) is 0 Å². The van der Waals surface area contributed by atoms with Gasteiger partial charge in [-0.15, -0.1) is 0 Å². The molecule has 66 valence electrons. The zero-order valence-corrected chi connectivity index (χ0v) is 7.29. The third-order valence-corrected chi connectivity index (χ3v) is 1.94. The third kappa shape index (κ3) is 1.64. The molecule has 0 atom stereocenters. The summed E-state index contributed by atoms with van der Waals surface area (Å²) in [5.74, 6) is 0.0832. The summed E-state index contributed by atoms with van der Waals surface area (Å²) in [4.78, 5) is 12.7. The van der Waals surface area contributed by atoms with E-state index in [1.54, 1.807) is 16.8 Å². The summed E-state index contributed by atoms with van der Waals surface area (Å²) in [5.41, 5.74) is 0.825. The zero-order chi connectivity index (χ0) is 9.14. The van der Waals surface area contributed by atoms with Gasteiger partial charge in [0.1, 0.15) is 0 Å². The number of hydrazone groups is 1. The van der Waals surface area contributed by atoms with Crippen LogP contribution < -0.4 is 0 Å². The summed E-state index contributed by atoms with van der Waals surface area (Å²) < 4.78 is 0.